The van der Waals surface area contributed by atoms with Gasteiger partial charge in [0.05, 0.1) is 13.2 Å². The van der Waals surface area contributed by atoms with Gasteiger partial charge in [0.1, 0.15) is 0 Å². The Bertz CT molecular complexity index is 670. The highest BCUT2D eigenvalue weighted by Gasteiger charge is 2.10. The van der Waals surface area contributed by atoms with Gasteiger partial charge in [-0.15, -0.1) is 0 Å². The minimum absolute atomic E-state index is 0.620. The molecule has 0 spiro atoms. The molecule has 6 heteroatoms. The number of nitrogens with one attached hydrogen (secondary N) is 2. The molecule has 0 amide bonds. The van der Waals surface area contributed by atoms with Crippen LogP contribution in [0.2, 0.25) is 0 Å². The van der Waals surface area contributed by atoms with Crippen LogP contribution in [0.25, 0.3) is 0 Å². The van der Waals surface area contributed by atoms with E-state index < -0.39 is 0 Å². The van der Waals surface area contributed by atoms with E-state index in [0.717, 1.165) is 36.5 Å². The number of nitrogens with zero attached hydrogens (tertiary/aromatic N) is 1. The molecule has 1 aliphatic rings. The zero-order chi connectivity index (χ0) is 16.8. The SMILES string of the molecule is S=C(NCc1ccc(N2CCOCC2)cc1)Nc1ccc(Br)cc1. The maximum atomic E-state index is 5.39. The summed E-state index contributed by atoms with van der Waals surface area (Å²) in [6.45, 7) is 4.22. The Balaban J connectivity index is 1.49. The van der Waals surface area contributed by atoms with E-state index in [1.54, 1.807) is 0 Å². The van der Waals surface area contributed by atoms with E-state index in [9.17, 15) is 0 Å². The van der Waals surface area contributed by atoms with Crippen molar-refractivity contribution in [2.45, 2.75) is 6.54 Å². The lowest BCUT2D eigenvalue weighted by molar-refractivity contribution is 0.122. The highest BCUT2D eigenvalue weighted by Crippen LogP contribution is 2.17. The Kier molecular flexibility index (Phi) is 6.07. The van der Waals surface area contributed by atoms with Gasteiger partial charge in [-0.25, -0.2) is 0 Å². The fourth-order valence-electron chi connectivity index (χ4n) is 2.54. The van der Waals surface area contributed by atoms with Gasteiger partial charge in [0.15, 0.2) is 5.11 Å². The van der Waals surface area contributed by atoms with E-state index in [0.29, 0.717) is 11.7 Å². The number of benzene rings is 2. The smallest absolute Gasteiger partial charge is 0.171 e. The normalized spacial score (nSPS) is 14.3. The van der Waals surface area contributed by atoms with Gasteiger partial charge in [-0.3, -0.25) is 0 Å². The van der Waals surface area contributed by atoms with Gasteiger partial charge in [0.25, 0.3) is 0 Å². The molecule has 0 bridgehead atoms. The fraction of sp³-hybridized carbons (Fsp3) is 0.278. The standard InChI is InChI=1S/C18H20BrN3OS/c19-15-3-5-16(6-4-15)21-18(24)20-13-14-1-7-17(8-2-14)22-9-11-23-12-10-22/h1-8H,9-13H2,(H2,20,21,24). The van der Waals surface area contributed by atoms with Gasteiger partial charge in [0, 0.05) is 35.5 Å². The van der Waals surface area contributed by atoms with Crippen molar-refractivity contribution in [2.75, 3.05) is 36.5 Å². The second-order valence-corrected chi connectivity index (χ2v) is 6.90. The van der Waals surface area contributed by atoms with Gasteiger partial charge in [-0.2, -0.15) is 0 Å². The fourth-order valence-corrected chi connectivity index (χ4v) is 2.99. The molecule has 0 saturated carbocycles. The largest absolute Gasteiger partial charge is 0.378 e. The van der Waals surface area contributed by atoms with Gasteiger partial charge in [-0.05, 0) is 54.2 Å². The van der Waals surface area contributed by atoms with Gasteiger partial charge in [-0.1, -0.05) is 28.1 Å². The molecule has 0 unspecified atom stereocenters. The van der Waals surface area contributed by atoms with Crippen LogP contribution in [0.15, 0.2) is 53.0 Å². The Labute approximate surface area is 156 Å². The predicted octanol–water partition coefficient (Wildman–Crippen LogP) is 3.77. The first-order valence-corrected chi connectivity index (χ1v) is 9.13. The van der Waals surface area contributed by atoms with Crippen molar-refractivity contribution in [2.24, 2.45) is 0 Å². The van der Waals surface area contributed by atoms with Crippen molar-refractivity contribution in [3.63, 3.8) is 0 Å². The Morgan fingerprint density at radius 1 is 1.04 bits per heavy atom. The van der Waals surface area contributed by atoms with E-state index in [2.05, 4.69) is 55.7 Å². The van der Waals surface area contributed by atoms with Crippen LogP contribution < -0.4 is 15.5 Å². The summed E-state index contributed by atoms with van der Waals surface area (Å²) in [6, 6.07) is 16.5. The molecule has 2 aromatic carbocycles. The van der Waals surface area contributed by atoms with Crippen molar-refractivity contribution in [1.29, 1.82) is 0 Å². The maximum absolute atomic E-state index is 5.39. The summed E-state index contributed by atoms with van der Waals surface area (Å²) in [5, 5.41) is 7.04. The maximum Gasteiger partial charge on any atom is 0.171 e. The highest BCUT2D eigenvalue weighted by atomic mass is 79.9. The molecule has 1 aliphatic heterocycles. The molecule has 2 aromatic rings. The molecule has 1 saturated heterocycles. The van der Waals surface area contributed by atoms with Crippen LogP contribution in [-0.4, -0.2) is 31.4 Å². The molecule has 0 radical (unpaired) electrons. The van der Waals surface area contributed by atoms with E-state index in [4.69, 9.17) is 17.0 Å². The number of morpholine rings is 1. The summed E-state index contributed by atoms with van der Waals surface area (Å²) in [7, 11) is 0. The van der Waals surface area contributed by atoms with Crippen molar-refractivity contribution in [1.82, 2.24) is 5.32 Å². The molecule has 0 atom stereocenters. The van der Waals surface area contributed by atoms with Crippen molar-refractivity contribution < 1.29 is 4.74 Å². The van der Waals surface area contributed by atoms with Gasteiger partial charge < -0.3 is 20.3 Å². The van der Waals surface area contributed by atoms with E-state index in [-0.39, 0.29) is 0 Å². The molecule has 24 heavy (non-hydrogen) atoms. The number of anilines is 2. The van der Waals surface area contributed by atoms with Gasteiger partial charge >= 0.3 is 0 Å². The van der Waals surface area contributed by atoms with Crippen LogP contribution >= 0.6 is 28.1 Å². The zero-order valence-corrected chi connectivity index (χ0v) is 15.7. The Hall–Kier alpha value is -1.63. The minimum atomic E-state index is 0.620. The molecule has 1 fully saturated rings. The third-order valence-electron chi connectivity index (χ3n) is 3.87. The number of thiocarbonyl (C=S) groups is 1. The summed E-state index contributed by atoms with van der Waals surface area (Å²) in [5.41, 5.74) is 3.42. The average Bonchev–Trinajstić information content (AvgIpc) is 2.63. The van der Waals surface area contributed by atoms with E-state index in [1.165, 1.54) is 11.3 Å². The highest BCUT2D eigenvalue weighted by molar-refractivity contribution is 9.10. The first-order chi connectivity index (χ1) is 11.7. The number of ether oxygens (including phenoxy) is 1. The molecule has 4 nitrogen and oxygen atoms in total. The first-order valence-electron chi connectivity index (χ1n) is 7.93. The first kappa shape index (κ1) is 17.2. The molecule has 2 N–H and O–H groups in total. The number of hydrogen-bond acceptors (Lipinski definition) is 3. The molecule has 126 valence electrons. The summed E-state index contributed by atoms with van der Waals surface area (Å²) >= 11 is 8.76. The second-order valence-electron chi connectivity index (χ2n) is 5.58. The quantitative estimate of drug-likeness (QED) is 0.757. The third-order valence-corrected chi connectivity index (χ3v) is 4.64. The lowest BCUT2D eigenvalue weighted by Crippen LogP contribution is -2.36. The van der Waals surface area contributed by atoms with Gasteiger partial charge in [0.2, 0.25) is 0 Å². The van der Waals surface area contributed by atoms with Crippen molar-refractivity contribution >= 4 is 44.6 Å². The van der Waals surface area contributed by atoms with Crippen LogP contribution in [0.4, 0.5) is 11.4 Å². The average molecular weight is 406 g/mol. The van der Waals surface area contributed by atoms with Crippen LogP contribution in [-0.2, 0) is 11.3 Å². The summed E-state index contributed by atoms with van der Waals surface area (Å²) in [5.74, 6) is 0. The third kappa shape index (κ3) is 4.93. The Morgan fingerprint density at radius 3 is 2.38 bits per heavy atom. The van der Waals surface area contributed by atoms with Crippen molar-refractivity contribution in [3.8, 4) is 0 Å². The number of hydrogen-bond donors (Lipinski definition) is 2. The monoisotopic (exact) mass is 405 g/mol. The molecular weight excluding hydrogens is 386 g/mol. The topological polar surface area (TPSA) is 36.5 Å². The molecule has 0 aliphatic carbocycles. The molecule has 1 heterocycles. The minimum Gasteiger partial charge on any atom is -0.378 e. The number of halogens is 1. The second kappa shape index (κ2) is 8.46. The summed E-state index contributed by atoms with van der Waals surface area (Å²) < 4.78 is 6.44. The molecule has 3 rings (SSSR count). The molecular formula is C18H20BrN3OS. The molecule has 0 aromatic heterocycles. The van der Waals surface area contributed by atoms with Crippen LogP contribution in [0.3, 0.4) is 0 Å². The van der Waals surface area contributed by atoms with Crippen LogP contribution in [0, 0.1) is 0 Å². The van der Waals surface area contributed by atoms with E-state index in [1.807, 2.05) is 24.3 Å². The van der Waals surface area contributed by atoms with Crippen molar-refractivity contribution in [3.05, 3.63) is 58.6 Å². The number of rotatable bonds is 4. The van der Waals surface area contributed by atoms with Crippen LogP contribution in [0.5, 0.6) is 0 Å². The lowest BCUT2D eigenvalue weighted by atomic mass is 10.2. The van der Waals surface area contributed by atoms with Crippen LogP contribution in [0.1, 0.15) is 5.56 Å². The zero-order valence-electron chi connectivity index (χ0n) is 13.3. The Morgan fingerprint density at radius 2 is 1.71 bits per heavy atom. The predicted molar refractivity (Wildman–Crippen MR) is 107 cm³/mol. The lowest BCUT2D eigenvalue weighted by Gasteiger charge is -2.28. The summed E-state index contributed by atoms with van der Waals surface area (Å²) in [4.78, 5) is 2.35. The van der Waals surface area contributed by atoms with E-state index >= 15 is 0 Å². The summed E-state index contributed by atoms with van der Waals surface area (Å²) in [6.07, 6.45) is 0.